The van der Waals surface area contributed by atoms with Crippen LogP contribution in [0.1, 0.15) is 25.0 Å². The molecule has 0 aliphatic carbocycles. The number of ether oxygens (including phenoxy) is 2. The molecule has 8 nitrogen and oxygen atoms in total. The summed E-state index contributed by atoms with van der Waals surface area (Å²) in [4.78, 5) is 11.4. The third-order valence-electron chi connectivity index (χ3n) is 3.78. The number of amides is 1. The maximum Gasteiger partial charge on any atom is 0.409 e. The van der Waals surface area contributed by atoms with Gasteiger partial charge in [0, 0.05) is 26.2 Å². The zero-order valence-corrected chi connectivity index (χ0v) is 14.2. The van der Waals surface area contributed by atoms with E-state index in [1.54, 1.807) is 18.2 Å². The van der Waals surface area contributed by atoms with Gasteiger partial charge in [-0.25, -0.2) is 4.79 Å². The highest BCUT2D eigenvalue weighted by Gasteiger charge is 2.44. The van der Waals surface area contributed by atoms with E-state index in [0.29, 0.717) is 11.3 Å². The average Bonchev–Trinajstić information content (AvgIpc) is 2.69. The first kappa shape index (κ1) is 17.5. The molecule has 2 rings (SSSR count). The van der Waals surface area contributed by atoms with E-state index in [0.717, 1.165) is 9.87 Å². The van der Waals surface area contributed by atoms with Crippen molar-refractivity contribution in [2.24, 2.45) is 0 Å². The summed E-state index contributed by atoms with van der Waals surface area (Å²) in [5, 5.41) is 2.37. The molecule has 0 spiro atoms. The van der Waals surface area contributed by atoms with E-state index in [1.807, 2.05) is 13.8 Å². The standard InChI is InChI=1S/C14H20N2O6S/c1-14(2)10-7-9(8-16(4)23(18,19)20)5-6-11(10)21-12(14)22-13(17)15-3/h5-7,12H,8H2,1-4H3,(H,15,17)(H,18,19,20). The first-order valence-electron chi connectivity index (χ1n) is 6.93. The Labute approximate surface area is 135 Å². The summed E-state index contributed by atoms with van der Waals surface area (Å²) in [5.41, 5.74) is 0.878. The minimum Gasteiger partial charge on any atom is -0.453 e. The lowest BCUT2D eigenvalue weighted by Gasteiger charge is -2.25. The third-order valence-corrected chi connectivity index (χ3v) is 4.70. The largest absolute Gasteiger partial charge is 0.453 e. The molecule has 0 bridgehead atoms. The van der Waals surface area contributed by atoms with Gasteiger partial charge in [-0.05, 0) is 31.5 Å². The van der Waals surface area contributed by atoms with E-state index in [-0.39, 0.29) is 6.54 Å². The van der Waals surface area contributed by atoms with Crippen LogP contribution in [0.4, 0.5) is 4.79 Å². The molecule has 0 aromatic heterocycles. The van der Waals surface area contributed by atoms with Crippen LogP contribution in [0.3, 0.4) is 0 Å². The van der Waals surface area contributed by atoms with E-state index in [1.165, 1.54) is 14.1 Å². The molecule has 128 valence electrons. The maximum absolute atomic E-state index is 11.4. The Balaban J connectivity index is 2.26. The molecule has 0 saturated heterocycles. The van der Waals surface area contributed by atoms with E-state index < -0.39 is 28.1 Å². The van der Waals surface area contributed by atoms with Gasteiger partial charge in [0.2, 0.25) is 0 Å². The Bertz CT molecular complexity index is 716. The molecule has 0 fully saturated rings. The van der Waals surface area contributed by atoms with Crippen LogP contribution < -0.4 is 10.1 Å². The number of benzene rings is 1. The normalized spacial score (nSPS) is 19.1. The predicted molar refractivity (Wildman–Crippen MR) is 82.4 cm³/mol. The zero-order chi connectivity index (χ0) is 17.4. The average molecular weight is 344 g/mol. The molecule has 1 unspecified atom stereocenters. The van der Waals surface area contributed by atoms with E-state index in [4.69, 9.17) is 14.0 Å². The van der Waals surface area contributed by atoms with Crippen molar-refractivity contribution in [2.75, 3.05) is 14.1 Å². The number of nitrogens with zero attached hydrogens (tertiary/aromatic N) is 1. The van der Waals surface area contributed by atoms with E-state index in [2.05, 4.69) is 5.32 Å². The van der Waals surface area contributed by atoms with Crippen molar-refractivity contribution in [1.29, 1.82) is 0 Å². The molecule has 2 N–H and O–H groups in total. The van der Waals surface area contributed by atoms with Gasteiger partial charge in [-0.1, -0.05) is 6.07 Å². The number of hydrogen-bond acceptors (Lipinski definition) is 5. The van der Waals surface area contributed by atoms with Crippen molar-refractivity contribution in [1.82, 2.24) is 9.62 Å². The Kier molecular flexibility index (Phi) is 4.56. The Hall–Kier alpha value is -1.84. The highest BCUT2D eigenvalue weighted by molar-refractivity contribution is 7.83. The van der Waals surface area contributed by atoms with Crippen molar-refractivity contribution < 1.29 is 27.2 Å². The second kappa shape index (κ2) is 5.99. The monoisotopic (exact) mass is 344 g/mol. The Morgan fingerprint density at radius 2 is 2.13 bits per heavy atom. The van der Waals surface area contributed by atoms with Crippen LogP contribution >= 0.6 is 0 Å². The molecule has 1 aliphatic heterocycles. The first-order valence-corrected chi connectivity index (χ1v) is 8.32. The molecule has 23 heavy (non-hydrogen) atoms. The van der Waals surface area contributed by atoms with Gasteiger partial charge < -0.3 is 14.8 Å². The molecule has 0 saturated carbocycles. The lowest BCUT2D eigenvalue weighted by Crippen LogP contribution is -2.39. The summed E-state index contributed by atoms with van der Waals surface area (Å²) < 4.78 is 42.9. The van der Waals surface area contributed by atoms with Crippen molar-refractivity contribution in [3.05, 3.63) is 29.3 Å². The zero-order valence-electron chi connectivity index (χ0n) is 13.4. The van der Waals surface area contributed by atoms with Crippen LogP contribution in [0, 0.1) is 0 Å². The second-order valence-electron chi connectivity index (χ2n) is 5.89. The van der Waals surface area contributed by atoms with Gasteiger partial charge in [0.1, 0.15) is 5.75 Å². The molecule has 1 heterocycles. The first-order chi connectivity index (χ1) is 10.6. The highest BCUT2D eigenvalue weighted by atomic mass is 32.2. The summed E-state index contributed by atoms with van der Waals surface area (Å²) in [6, 6.07) is 5.17. The topological polar surface area (TPSA) is 105 Å². The second-order valence-corrected chi connectivity index (χ2v) is 7.41. The Morgan fingerprint density at radius 1 is 1.48 bits per heavy atom. The minimum absolute atomic E-state index is 0.0170. The van der Waals surface area contributed by atoms with Crippen LogP contribution in [-0.4, -0.2) is 43.8 Å². The number of hydrogen-bond donors (Lipinski definition) is 2. The smallest absolute Gasteiger partial charge is 0.409 e. The number of carbonyl (C=O) groups is 1. The molecular formula is C14H20N2O6S. The fraction of sp³-hybridized carbons (Fsp3) is 0.500. The summed E-state index contributed by atoms with van der Waals surface area (Å²) in [6.07, 6.45) is -1.38. The molecule has 1 amide bonds. The molecular weight excluding hydrogens is 324 g/mol. The fourth-order valence-corrected chi connectivity index (χ4v) is 2.65. The fourth-order valence-electron chi connectivity index (χ4n) is 2.34. The minimum atomic E-state index is -4.25. The van der Waals surface area contributed by atoms with Gasteiger partial charge in [-0.3, -0.25) is 4.55 Å². The van der Waals surface area contributed by atoms with Crippen LogP contribution in [0.15, 0.2) is 18.2 Å². The predicted octanol–water partition coefficient (Wildman–Crippen LogP) is 1.27. The van der Waals surface area contributed by atoms with Crippen LogP contribution in [-0.2, 0) is 27.0 Å². The van der Waals surface area contributed by atoms with Crippen molar-refractivity contribution in [3.63, 3.8) is 0 Å². The van der Waals surface area contributed by atoms with Gasteiger partial charge in [0.25, 0.3) is 6.29 Å². The molecule has 1 atom stereocenters. The van der Waals surface area contributed by atoms with Gasteiger partial charge in [-0.15, -0.1) is 0 Å². The van der Waals surface area contributed by atoms with Gasteiger partial charge in [0.15, 0.2) is 0 Å². The van der Waals surface area contributed by atoms with Crippen molar-refractivity contribution in [3.8, 4) is 5.75 Å². The van der Waals surface area contributed by atoms with E-state index in [9.17, 15) is 13.2 Å². The summed E-state index contributed by atoms with van der Waals surface area (Å²) >= 11 is 0. The van der Waals surface area contributed by atoms with E-state index >= 15 is 0 Å². The quantitative estimate of drug-likeness (QED) is 0.797. The highest BCUT2D eigenvalue weighted by Crippen LogP contribution is 2.43. The van der Waals surface area contributed by atoms with Crippen LogP contribution in [0.2, 0.25) is 0 Å². The number of rotatable bonds is 4. The summed E-state index contributed by atoms with van der Waals surface area (Å²) in [6.45, 7) is 3.74. The lowest BCUT2D eigenvalue weighted by molar-refractivity contribution is -0.0558. The van der Waals surface area contributed by atoms with Gasteiger partial charge >= 0.3 is 16.4 Å². The SMILES string of the molecule is CNC(=O)OC1Oc2ccc(CN(C)S(=O)(=O)O)cc2C1(C)C. The Morgan fingerprint density at radius 3 is 2.70 bits per heavy atom. The number of alkyl carbamates (subject to hydrolysis) is 1. The lowest BCUT2D eigenvalue weighted by atomic mass is 9.84. The molecule has 1 aliphatic rings. The third kappa shape index (κ3) is 3.57. The summed E-state index contributed by atoms with van der Waals surface area (Å²) in [5.74, 6) is 0.571. The maximum atomic E-state index is 11.4. The molecule has 0 radical (unpaired) electrons. The molecule has 1 aromatic carbocycles. The van der Waals surface area contributed by atoms with Crippen LogP contribution in [0.5, 0.6) is 5.75 Å². The number of carbonyl (C=O) groups excluding carboxylic acids is 1. The van der Waals surface area contributed by atoms with Gasteiger partial charge in [-0.2, -0.15) is 12.7 Å². The summed E-state index contributed by atoms with van der Waals surface area (Å²) in [7, 11) is -1.51. The number of fused-ring (bicyclic) bond motifs is 1. The van der Waals surface area contributed by atoms with Crippen molar-refractivity contribution in [2.45, 2.75) is 32.1 Å². The van der Waals surface area contributed by atoms with Gasteiger partial charge in [0.05, 0.1) is 5.41 Å². The van der Waals surface area contributed by atoms with Crippen molar-refractivity contribution >= 4 is 16.4 Å². The van der Waals surface area contributed by atoms with Crippen LogP contribution in [0.25, 0.3) is 0 Å². The number of nitrogens with one attached hydrogen (secondary N) is 1. The molecule has 1 aromatic rings. The molecule has 9 heteroatoms.